The molecule has 0 saturated heterocycles. The molecule has 0 fully saturated rings. The van der Waals surface area contributed by atoms with Crippen LogP contribution in [0.5, 0.6) is 17.2 Å². The van der Waals surface area contributed by atoms with Crippen LogP contribution in [-0.2, 0) is 20.2 Å². The van der Waals surface area contributed by atoms with Crippen molar-refractivity contribution in [1.29, 1.82) is 0 Å². The van der Waals surface area contributed by atoms with Crippen LogP contribution < -0.4 is 59.1 Å². The average molecular weight is 523 g/mol. The number of azo groups is 1. The van der Waals surface area contributed by atoms with Gasteiger partial charge in [0, 0.05) is 11.1 Å². The number of aromatic hydroxyl groups is 3. The molecule has 0 saturated carbocycles. The Hall–Kier alpha value is -0.970. The number of phenols is 3. The summed E-state index contributed by atoms with van der Waals surface area (Å²) in [6.07, 6.45) is 0. The Labute approximate surface area is 233 Å². The van der Waals surface area contributed by atoms with Gasteiger partial charge in [-0.05, 0) is 35.7 Å². The number of halogens is 1. The van der Waals surface area contributed by atoms with Crippen LogP contribution in [0.3, 0.4) is 0 Å². The standard InChI is InChI=1S/C16H11ClN2O9S2.2Na.2H/c17-8-1-2-11(20)10(5-8)18-19-15-13(30(26,27)28)4-7-3-9(29(23,24)25)6-12(21)14(7)16(15)22;;;;/h1-6,20-22H,(H,23,24,25)(H,26,27,28);;;;/q;2*+1;2*-1. The molecule has 0 aromatic heterocycles. The second kappa shape index (κ2) is 10.5. The fraction of sp³-hybridized carbons (Fsp3) is 0. The van der Waals surface area contributed by atoms with Crippen molar-refractivity contribution in [2.24, 2.45) is 10.2 Å². The van der Waals surface area contributed by atoms with E-state index in [1.807, 2.05) is 0 Å². The molecule has 0 amide bonds. The summed E-state index contributed by atoms with van der Waals surface area (Å²) in [5, 5.41) is 36.9. The minimum absolute atomic E-state index is 0. The van der Waals surface area contributed by atoms with Crippen LogP contribution in [0.2, 0.25) is 5.02 Å². The summed E-state index contributed by atoms with van der Waals surface area (Å²) < 4.78 is 64.9. The van der Waals surface area contributed by atoms with Gasteiger partial charge in [0.25, 0.3) is 20.2 Å². The van der Waals surface area contributed by atoms with Crippen LogP contribution in [0.15, 0.2) is 56.4 Å². The molecule has 0 aliphatic rings. The summed E-state index contributed by atoms with van der Waals surface area (Å²) in [5.41, 5.74) is -1.01. The first-order valence-corrected chi connectivity index (χ1v) is 10.9. The number of nitrogens with zero attached hydrogens (tertiary/aromatic N) is 2. The fourth-order valence-corrected chi connectivity index (χ4v) is 3.92. The van der Waals surface area contributed by atoms with Gasteiger partial charge in [-0.25, -0.2) is 0 Å². The van der Waals surface area contributed by atoms with Crippen LogP contribution in [0.25, 0.3) is 10.8 Å². The van der Waals surface area contributed by atoms with E-state index in [0.29, 0.717) is 12.1 Å². The van der Waals surface area contributed by atoms with Gasteiger partial charge in [0.05, 0.1) is 10.3 Å². The van der Waals surface area contributed by atoms with E-state index in [2.05, 4.69) is 10.2 Å². The zero-order chi connectivity index (χ0) is 22.4. The predicted octanol–water partition coefficient (Wildman–Crippen LogP) is -2.25. The maximum atomic E-state index is 11.8. The van der Waals surface area contributed by atoms with Crippen molar-refractivity contribution in [3.63, 3.8) is 0 Å². The Morgan fingerprint density at radius 1 is 0.812 bits per heavy atom. The van der Waals surface area contributed by atoms with Gasteiger partial charge in [-0.3, -0.25) is 9.11 Å². The monoisotopic (exact) mass is 522 g/mol. The number of benzene rings is 3. The van der Waals surface area contributed by atoms with E-state index >= 15 is 0 Å². The molecule has 3 aromatic rings. The van der Waals surface area contributed by atoms with Crippen LogP contribution in [0.4, 0.5) is 11.4 Å². The summed E-state index contributed by atoms with van der Waals surface area (Å²) in [7, 11) is -9.81. The number of fused-ring (bicyclic) bond motifs is 1. The third-order valence-electron chi connectivity index (χ3n) is 3.87. The van der Waals surface area contributed by atoms with Crippen LogP contribution in [0.1, 0.15) is 2.85 Å². The molecular formula is C16H13ClN2Na2O9S2. The molecule has 3 rings (SSSR count). The fourth-order valence-electron chi connectivity index (χ4n) is 2.56. The molecule has 0 aliphatic heterocycles. The average Bonchev–Trinajstić information content (AvgIpc) is 2.61. The van der Waals surface area contributed by atoms with Gasteiger partial charge >= 0.3 is 59.1 Å². The topological polar surface area (TPSA) is 194 Å². The van der Waals surface area contributed by atoms with Crippen molar-refractivity contribution in [3.05, 3.63) is 41.4 Å². The molecule has 0 bridgehead atoms. The Balaban J connectivity index is 0. The summed E-state index contributed by atoms with van der Waals surface area (Å²) in [4.78, 5) is -1.77. The van der Waals surface area contributed by atoms with Gasteiger partial charge in [-0.2, -0.15) is 16.8 Å². The van der Waals surface area contributed by atoms with Crippen molar-refractivity contribution in [2.75, 3.05) is 0 Å². The number of hydrogen-bond acceptors (Lipinski definition) is 9. The number of rotatable bonds is 4. The van der Waals surface area contributed by atoms with Gasteiger partial charge in [0.1, 0.15) is 27.8 Å². The SMILES string of the molecule is O=S(=O)(O)c1cc(O)c2c(O)c(N=Nc3cc(Cl)ccc3O)c(S(=O)(=O)O)cc2c1.[H-].[H-].[Na+].[Na+]. The summed E-state index contributed by atoms with van der Waals surface area (Å²) >= 11 is 5.78. The van der Waals surface area contributed by atoms with E-state index in [1.165, 1.54) is 18.2 Å². The Kier molecular flexibility index (Phi) is 9.56. The van der Waals surface area contributed by atoms with Gasteiger partial charge in [-0.1, -0.05) is 11.6 Å². The Morgan fingerprint density at radius 3 is 2.00 bits per heavy atom. The van der Waals surface area contributed by atoms with E-state index in [0.717, 1.165) is 6.07 Å². The van der Waals surface area contributed by atoms with Crippen molar-refractivity contribution >= 4 is 54.0 Å². The van der Waals surface area contributed by atoms with E-state index in [-0.39, 0.29) is 83.8 Å². The van der Waals surface area contributed by atoms with E-state index in [4.69, 9.17) is 16.2 Å². The molecule has 5 N–H and O–H groups in total. The van der Waals surface area contributed by atoms with Crippen molar-refractivity contribution in [3.8, 4) is 17.2 Å². The maximum Gasteiger partial charge on any atom is 1.00 e. The molecule has 0 aliphatic carbocycles. The minimum Gasteiger partial charge on any atom is -1.00 e. The van der Waals surface area contributed by atoms with Gasteiger partial charge in [0.2, 0.25) is 0 Å². The van der Waals surface area contributed by atoms with E-state index < -0.39 is 52.6 Å². The summed E-state index contributed by atoms with van der Waals surface area (Å²) in [5.74, 6) is -2.18. The van der Waals surface area contributed by atoms with Crippen LogP contribution in [0, 0.1) is 0 Å². The van der Waals surface area contributed by atoms with Crippen molar-refractivity contribution in [1.82, 2.24) is 0 Å². The first kappa shape index (κ1) is 29.1. The quantitative estimate of drug-likeness (QED) is 0.143. The zero-order valence-corrected chi connectivity index (χ0v) is 22.8. The van der Waals surface area contributed by atoms with E-state index in [1.54, 1.807) is 0 Å². The van der Waals surface area contributed by atoms with Crippen molar-refractivity contribution in [2.45, 2.75) is 9.79 Å². The van der Waals surface area contributed by atoms with Gasteiger partial charge in [-0.15, -0.1) is 10.2 Å². The Morgan fingerprint density at radius 2 is 1.44 bits per heavy atom. The number of phenolic OH excluding ortho intramolecular Hbond substituents is 3. The third kappa shape index (κ3) is 6.12. The zero-order valence-electron chi connectivity index (χ0n) is 18.4. The largest absolute Gasteiger partial charge is 1.00 e. The molecule has 162 valence electrons. The molecule has 16 heteroatoms. The molecule has 0 atom stereocenters. The van der Waals surface area contributed by atoms with Crippen LogP contribution >= 0.6 is 11.6 Å². The predicted molar refractivity (Wildman–Crippen MR) is 106 cm³/mol. The maximum absolute atomic E-state index is 11.8. The minimum atomic E-state index is -5.03. The molecule has 0 unspecified atom stereocenters. The van der Waals surface area contributed by atoms with Gasteiger partial charge in [0.15, 0.2) is 5.75 Å². The first-order chi connectivity index (χ1) is 13.8. The molecule has 0 spiro atoms. The molecule has 3 aromatic carbocycles. The normalized spacial score (nSPS) is 11.8. The first-order valence-electron chi connectivity index (χ1n) is 7.67. The smallest absolute Gasteiger partial charge is 1.00 e. The number of hydrogen-bond donors (Lipinski definition) is 5. The second-order valence-corrected chi connectivity index (χ2v) is 9.14. The summed E-state index contributed by atoms with van der Waals surface area (Å²) in [6.45, 7) is 0. The molecule has 0 heterocycles. The summed E-state index contributed by atoms with van der Waals surface area (Å²) in [6, 6.07) is 5.81. The molecule has 0 radical (unpaired) electrons. The molecule has 32 heavy (non-hydrogen) atoms. The molecular weight excluding hydrogens is 510 g/mol. The molecule has 11 nitrogen and oxygen atoms in total. The third-order valence-corrected chi connectivity index (χ3v) is 5.81. The van der Waals surface area contributed by atoms with Gasteiger partial charge < -0.3 is 18.2 Å². The second-order valence-electron chi connectivity index (χ2n) is 5.90. The van der Waals surface area contributed by atoms with E-state index in [9.17, 15) is 36.7 Å². The van der Waals surface area contributed by atoms with Crippen LogP contribution in [-0.4, -0.2) is 41.3 Å². The Bertz CT molecular complexity index is 1460. The van der Waals surface area contributed by atoms with Crippen molar-refractivity contribution < 1.29 is 103 Å².